The molecule has 0 saturated carbocycles. The average Bonchev–Trinajstić information content (AvgIpc) is 2.07. The van der Waals surface area contributed by atoms with Crippen molar-refractivity contribution < 1.29 is 17.7 Å². The first-order valence-electron chi connectivity index (χ1n) is 3.68. The SMILES string of the molecule is COc1c(S(=O)(=O)O)ccc(C)c1Cl. The Hall–Kier alpha value is -0.780. The Bertz CT molecular complexity index is 453. The maximum atomic E-state index is 10.9. The van der Waals surface area contributed by atoms with Crippen LogP contribution in [0.5, 0.6) is 5.75 Å². The zero-order valence-electron chi connectivity index (χ0n) is 7.61. The van der Waals surface area contributed by atoms with Crippen LogP contribution < -0.4 is 4.74 Å². The van der Waals surface area contributed by atoms with E-state index in [1.807, 2.05) is 0 Å². The lowest BCUT2D eigenvalue weighted by Gasteiger charge is -2.09. The third-order valence-corrected chi connectivity index (χ3v) is 3.08. The molecule has 1 aromatic carbocycles. The first-order valence-corrected chi connectivity index (χ1v) is 5.50. The number of ether oxygens (including phenoxy) is 1. The molecule has 0 aliphatic carbocycles. The summed E-state index contributed by atoms with van der Waals surface area (Å²) in [6.07, 6.45) is 0. The van der Waals surface area contributed by atoms with Crippen molar-refractivity contribution in [3.05, 3.63) is 22.7 Å². The molecule has 0 spiro atoms. The van der Waals surface area contributed by atoms with Crippen molar-refractivity contribution in [3.63, 3.8) is 0 Å². The van der Waals surface area contributed by atoms with Gasteiger partial charge in [0.2, 0.25) is 0 Å². The fourth-order valence-electron chi connectivity index (χ4n) is 1.03. The van der Waals surface area contributed by atoms with Crippen molar-refractivity contribution >= 4 is 21.7 Å². The Kier molecular flexibility index (Phi) is 3.04. The van der Waals surface area contributed by atoms with E-state index in [1.165, 1.54) is 19.2 Å². The number of halogens is 1. The van der Waals surface area contributed by atoms with Gasteiger partial charge >= 0.3 is 0 Å². The van der Waals surface area contributed by atoms with Crippen LogP contribution in [-0.4, -0.2) is 20.1 Å². The third-order valence-electron chi connectivity index (χ3n) is 1.74. The van der Waals surface area contributed by atoms with Crippen LogP contribution in [0.2, 0.25) is 5.02 Å². The molecule has 0 fully saturated rings. The molecule has 14 heavy (non-hydrogen) atoms. The van der Waals surface area contributed by atoms with Gasteiger partial charge in [-0.15, -0.1) is 0 Å². The number of rotatable bonds is 2. The van der Waals surface area contributed by atoms with Gasteiger partial charge in [0.1, 0.15) is 4.90 Å². The van der Waals surface area contributed by atoms with E-state index in [2.05, 4.69) is 0 Å². The molecule has 0 radical (unpaired) electrons. The maximum Gasteiger partial charge on any atom is 0.298 e. The summed E-state index contributed by atoms with van der Waals surface area (Å²) in [5, 5.41) is 0.183. The number of aryl methyl sites for hydroxylation is 1. The summed E-state index contributed by atoms with van der Waals surface area (Å²) in [7, 11) is -3.01. The molecular formula is C8H9ClO4S. The standard InChI is InChI=1S/C8H9ClO4S/c1-5-3-4-6(14(10,11)12)8(13-2)7(5)9/h3-4H,1-2H3,(H,10,11,12). The molecule has 0 aliphatic heterocycles. The van der Waals surface area contributed by atoms with Crippen molar-refractivity contribution in [3.8, 4) is 5.75 Å². The molecule has 6 heteroatoms. The van der Waals surface area contributed by atoms with Crippen LogP contribution in [0.3, 0.4) is 0 Å². The predicted molar refractivity (Wildman–Crippen MR) is 52.6 cm³/mol. The van der Waals surface area contributed by atoms with E-state index in [1.54, 1.807) is 6.92 Å². The van der Waals surface area contributed by atoms with Gasteiger partial charge in [-0.1, -0.05) is 17.7 Å². The second kappa shape index (κ2) is 3.76. The van der Waals surface area contributed by atoms with Gasteiger partial charge in [-0.3, -0.25) is 4.55 Å². The first-order chi connectivity index (χ1) is 6.38. The van der Waals surface area contributed by atoms with Crippen LogP contribution in [0.15, 0.2) is 17.0 Å². The minimum Gasteiger partial charge on any atom is -0.494 e. The quantitative estimate of drug-likeness (QED) is 0.797. The van der Waals surface area contributed by atoms with Crippen LogP contribution >= 0.6 is 11.6 Å². The molecule has 4 nitrogen and oxygen atoms in total. The van der Waals surface area contributed by atoms with Crippen molar-refractivity contribution in [1.82, 2.24) is 0 Å². The molecule has 0 saturated heterocycles. The van der Waals surface area contributed by atoms with Gasteiger partial charge in [-0.25, -0.2) is 0 Å². The Balaban J connectivity index is 3.55. The van der Waals surface area contributed by atoms with Crippen LogP contribution in [0.25, 0.3) is 0 Å². The lowest BCUT2D eigenvalue weighted by molar-refractivity contribution is 0.397. The summed E-state index contributed by atoms with van der Waals surface area (Å²) >= 11 is 5.80. The second-order valence-corrected chi connectivity index (χ2v) is 4.47. The highest BCUT2D eigenvalue weighted by atomic mass is 35.5. The summed E-state index contributed by atoms with van der Waals surface area (Å²) < 4.78 is 35.4. The molecule has 1 rings (SSSR count). The minimum absolute atomic E-state index is 0.0332. The Labute approximate surface area is 87.2 Å². The first kappa shape index (κ1) is 11.3. The largest absolute Gasteiger partial charge is 0.494 e. The van der Waals surface area contributed by atoms with E-state index in [0.717, 1.165) is 0 Å². The monoisotopic (exact) mass is 236 g/mol. The van der Waals surface area contributed by atoms with Crippen LogP contribution in [0.4, 0.5) is 0 Å². The minimum atomic E-state index is -4.29. The van der Waals surface area contributed by atoms with Gasteiger partial charge in [0.05, 0.1) is 12.1 Å². The molecule has 1 N–H and O–H groups in total. The van der Waals surface area contributed by atoms with Crippen LogP contribution in [0, 0.1) is 6.92 Å². The summed E-state index contributed by atoms with van der Waals surface area (Å²) in [5.74, 6) is -0.0332. The lowest BCUT2D eigenvalue weighted by atomic mass is 10.2. The molecule has 0 amide bonds. The average molecular weight is 237 g/mol. The molecule has 0 aliphatic rings. The van der Waals surface area contributed by atoms with E-state index in [4.69, 9.17) is 20.9 Å². The van der Waals surface area contributed by atoms with E-state index in [-0.39, 0.29) is 15.7 Å². The number of hydrogen-bond acceptors (Lipinski definition) is 3. The molecule has 78 valence electrons. The third kappa shape index (κ3) is 2.00. The molecule has 0 bridgehead atoms. The van der Waals surface area contributed by atoms with Gasteiger partial charge in [0, 0.05) is 0 Å². The fraction of sp³-hybridized carbons (Fsp3) is 0.250. The molecule has 0 atom stereocenters. The van der Waals surface area contributed by atoms with Gasteiger partial charge in [-0.2, -0.15) is 8.42 Å². The van der Waals surface area contributed by atoms with Gasteiger partial charge < -0.3 is 4.74 Å². The van der Waals surface area contributed by atoms with Crippen molar-refractivity contribution in [2.24, 2.45) is 0 Å². The summed E-state index contributed by atoms with van der Waals surface area (Å²) in [6.45, 7) is 1.71. The van der Waals surface area contributed by atoms with Gasteiger partial charge in [0.25, 0.3) is 10.1 Å². The second-order valence-electron chi connectivity index (χ2n) is 2.70. The highest BCUT2D eigenvalue weighted by Crippen LogP contribution is 2.34. The van der Waals surface area contributed by atoms with Gasteiger partial charge in [-0.05, 0) is 18.6 Å². The zero-order chi connectivity index (χ0) is 10.9. The Morgan fingerprint density at radius 1 is 1.43 bits per heavy atom. The van der Waals surface area contributed by atoms with Crippen molar-refractivity contribution in [1.29, 1.82) is 0 Å². The summed E-state index contributed by atoms with van der Waals surface area (Å²) in [4.78, 5) is -0.324. The summed E-state index contributed by atoms with van der Waals surface area (Å²) in [5.41, 5.74) is 0.677. The number of methoxy groups -OCH3 is 1. The van der Waals surface area contributed by atoms with E-state index < -0.39 is 10.1 Å². The molecule has 0 aromatic heterocycles. The smallest absolute Gasteiger partial charge is 0.298 e. The Morgan fingerprint density at radius 3 is 2.43 bits per heavy atom. The highest BCUT2D eigenvalue weighted by Gasteiger charge is 2.19. The van der Waals surface area contributed by atoms with Gasteiger partial charge in [0.15, 0.2) is 5.75 Å². The topological polar surface area (TPSA) is 63.6 Å². The molecule has 0 heterocycles. The molecule has 1 aromatic rings. The van der Waals surface area contributed by atoms with E-state index >= 15 is 0 Å². The molecular weight excluding hydrogens is 228 g/mol. The lowest BCUT2D eigenvalue weighted by Crippen LogP contribution is -2.02. The highest BCUT2D eigenvalue weighted by molar-refractivity contribution is 7.86. The predicted octanol–water partition coefficient (Wildman–Crippen LogP) is 1.90. The normalized spacial score (nSPS) is 11.4. The van der Waals surface area contributed by atoms with Crippen molar-refractivity contribution in [2.75, 3.05) is 7.11 Å². The number of benzene rings is 1. The maximum absolute atomic E-state index is 10.9. The van der Waals surface area contributed by atoms with Crippen LogP contribution in [-0.2, 0) is 10.1 Å². The summed E-state index contributed by atoms with van der Waals surface area (Å²) in [6, 6.07) is 2.74. The Morgan fingerprint density at radius 2 is 2.00 bits per heavy atom. The van der Waals surface area contributed by atoms with E-state index in [9.17, 15) is 8.42 Å². The van der Waals surface area contributed by atoms with E-state index in [0.29, 0.717) is 5.56 Å². The fourth-order valence-corrected chi connectivity index (χ4v) is 1.99. The van der Waals surface area contributed by atoms with Crippen LogP contribution in [0.1, 0.15) is 5.56 Å². The zero-order valence-corrected chi connectivity index (χ0v) is 9.19. The van der Waals surface area contributed by atoms with Crippen molar-refractivity contribution in [2.45, 2.75) is 11.8 Å². The number of hydrogen-bond donors (Lipinski definition) is 1. The molecule has 0 unspecified atom stereocenters.